The number of oxime groups is 1. The second-order valence-corrected chi connectivity index (χ2v) is 5.21. The Morgan fingerprint density at radius 3 is 2.54 bits per heavy atom. The van der Waals surface area contributed by atoms with Gasteiger partial charge in [0.15, 0.2) is 6.61 Å². The highest BCUT2D eigenvalue weighted by Crippen LogP contribution is 2.11. The fourth-order valence-corrected chi connectivity index (χ4v) is 2.12. The molecular weight excluding hydrogens is 304 g/mol. The van der Waals surface area contributed by atoms with E-state index in [4.69, 9.17) is 9.57 Å². The van der Waals surface area contributed by atoms with Crippen LogP contribution in [0.25, 0.3) is 0 Å². The van der Waals surface area contributed by atoms with E-state index >= 15 is 0 Å². The highest BCUT2D eigenvalue weighted by molar-refractivity contribution is 5.80. The molecule has 1 atom stereocenters. The number of amides is 1. The minimum atomic E-state index is -0.213. The topological polar surface area (TPSA) is 59.9 Å². The average Bonchev–Trinajstić information content (AvgIpc) is 2.61. The summed E-state index contributed by atoms with van der Waals surface area (Å²) in [6.45, 7) is 4.38. The quantitative estimate of drug-likeness (QED) is 0.598. The molecular formula is C19H22N2O3. The molecule has 0 aromatic heterocycles. The Morgan fingerprint density at radius 1 is 1.17 bits per heavy atom. The predicted octanol–water partition coefficient (Wildman–Crippen LogP) is 3.31. The third-order valence-electron chi connectivity index (χ3n) is 3.34. The second-order valence-electron chi connectivity index (χ2n) is 5.21. The van der Waals surface area contributed by atoms with Crippen molar-refractivity contribution in [1.82, 2.24) is 5.32 Å². The van der Waals surface area contributed by atoms with Crippen LogP contribution in [0.1, 0.15) is 31.0 Å². The molecule has 0 heterocycles. The molecule has 0 radical (unpaired) electrons. The highest BCUT2D eigenvalue weighted by Gasteiger charge is 2.09. The number of rotatable bonds is 8. The molecule has 1 amide bonds. The summed E-state index contributed by atoms with van der Waals surface area (Å²) < 4.78 is 5.36. The molecule has 0 aliphatic rings. The van der Waals surface area contributed by atoms with Crippen LogP contribution in [0.4, 0.5) is 0 Å². The zero-order chi connectivity index (χ0) is 17.2. The summed E-state index contributed by atoms with van der Waals surface area (Å²) in [5, 5.41) is 6.67. The maximum absolute atomic E-state index is 11.8. The molecule has 2 aromatic carbocycles. The van der Waals surface area contributed by atoms with Crippen LogP contribution in [0.15, 0.2) is 59.8 Å². The first-order chi connectivity index (χ1) is 11.7. The average molecular weight is 326 g/mol. The van der Waals surface area contributed by atoms with Gasteiger partial charge in [-0.2, -0.15) is 0 Å². The summed E-state index contributed by atoms with van der Waals surface area (Å²) in [5.41, 5.74) is 1.92. The highest BCUT2D eigenvalue weighted by atomic mass is 16.6. The molecule has 2 aromatic rings. The van der Waals surface area contributed by atoms with Crippen LogP contribution >= 0.6 is 0 Å². The van der Waals surface area contributed by atoms with E-state index in [1.807, 2.05) is 68.4 Å². The molecule has 1 N–H and O–H groups in total. The molecule has 0 fully saturated rings. The summed E-state index contributed by atoms with van der Waals surface area (Å²) in [6.07, 6.45) is 1.56. The van der Waals surface area contributed by atoms with Crippen molar-refractivity contribution in [2.45, 2.75) is 19.9 Å². The molecule has 0 aliphatic carbocycles. The van der Waals surface area contributed by atoms with Gasteiger partial charge in [-0.25, -0.2) is 0 Å². The van der Waals surface area contributed by atoms with Gasteiger partial charge in [-0.1, -0.05) is 35.5 Å². The van der Waals surface area contributed by atoms with Crippen molar-refractivity contribution in [2.24, 2.45) is 5.16 Å². The lowest BCUT2D eigenvalue weighted by atomic mass is 10.1. The van der Waals surface area contributed by atoms with Crippen LogP contribution < -0.4 is 10.1 Å². The third kappa shape index (κ3) is 5.76. The number of benzene rings is 2. The molecule has 126 valence electrons. The minimum Gasteiger partial charge on any atom is -0.494 e. The number of carbonyl (C=O) groups is 1. The summed E-state index contributed by atoms with van der Waals surface area (Å²) in [6, 6.07) is 17.1. The van der Waals surface area contributed by atoms with Crippen molar-refractivity contribution in [1.29, 1.82) is 0 Å². The van der Waals surface area contributed by atoms with Crippen LogP contribution in [-0.2, 0) is 9.63 Å². The van der Waals surface area contributed by atoms with Gasteiger partial charge in [0.25, 0.3) is 5.91 Å². The summed E-state index contributed by atoms with van der Waals surface area (Å²) in [4.78, 5) is 16.9. The van der Waals surface area contributed by atoms with E-state index < -0.39 is 0 Å². The van der Waals surface area contributed by atoms with Crippen LogP contribution in [0, 0.1) is 0 Å². The number of carbonyl (C=O) groups excluding carboxylic acids is 1. The van der Waals surface area contributed by atoms with Crippen molar-refractivity contribution in [3.63, 3.8) is 0 Å². The number of nitrogens with zero attached hydrogens (tertiary/aromatic N) is 1. The third-order valence-corrected chi connectivity index (χ3v) is 3.34. The number of hydrogen-bond acceptors (Lipinski definition) is 4. The lowest BCUT2D eigenvalue weighted by molar-refractivity contribution is -0.126. The number of hydrogen-bond donors (Lipinski definition) is 1. The van der Waals surface area contributed by atoms with Crippen LogP contribution in [0.3, 0.4) is 0 Å². The smallest absolute Gasteiger partial charge is 0.261 e. The summed E-state index contributed by atoms with van der Waals surface area (Å²) in [5.74, 6) is 0.597. The van der Waals surface area contributed by atoms with E-state index in [2.05, 4.69) is 10.5 Å². The van der Waals surface area contributed by atoms with Gasteiger partial charge in [-0.15, -0.1) is 0 Å². The second kappa shape index (κ2) is 9.35. The van der Waals surface area contributed by atoms with Gasteiger partial charge in [-0.05, 0) is 49.2 Å². The fraction of sp³-hybridized carbons (Fsp3) is 0.263. The lowest BCUT2D eigenvalue weighted by Crippen LogP contribution is -2.29. The van der Waals surface area contributed by atoms with Crippen LogP contribution in [0.5, 0.6) is 5.75 Å². The van der Waals surface area contributed by atoms with Crippen molar-refractivity contribution in [3.05, 3.63) is 65.7 Å². The maximum atomic E-state index is 11.8. The molecule has 24 heavy (non-hydrogen) atoms. The summed E-state index contributed by atoms with van der Waals surface area (Å²) in [7, 11) is 0. The van der Waals surface area contributed by atoms with Crippen molar-refractivity contribution in [3.8, 4) is 5.75 Å². The molecule has 0 spiro atoms. The molecule has 5 heteroatoms. The van der Waals surface area contributed by atoms with Gasteiger partial charge < -0.3 is 14.9 Å². The zero-order valence-corrected chi connectivity index (χ0v) is 13.9. The first kappa shape index (κ1) is 17.5. The molecule has 0 bridgehead atoms. The van der Waals surface area contributed by atoms with E-state index in [1.54, 1.807) is 6.21 Å². The largest absolute Gasteiger partial charge is 0.494 e. The molecule has 0 aliphatic heterocycles. The Bertz CT molecular complexity index is 654. The van der Waals surface area contributed by atoms with E-state index in [0.29, 0.717) is 6.61 Å². The maximum Gasteiger partial charge on any atom is 0.261 e. The van der Waals surface area contributed by atoms with Gasteiger partial charge in [0.05, 0.1) is 18.9 Å². The minimum absolute atomic E-state index is 0.0719. The predicted molar refractivity (Wildman–Crippen MR) is 94.2 cm³/mol. The zero-order valence-electron chi connectivity index (χ0n) is 13.9. The summed E-state index contributed by atoms with van der Waals surface area (Å²) >= 11 is 0. The van der Waals surface area contributed by atoms with E-state index in [-0.39, 0.29) is 18.6 Å². The Hall–Kier alpha value is -2.82. The van der Waals surface area contributed by atoms with Gasteiger partial charge in [0.2, 0.25) is 0 Å². The Kier molecular flexibility index (Phi) is 6.83. The van der Waals surface area contributed by atoms with Crippen LogP contribution in [-0.4, -0.2) is 25.3 Å². The Labute approximate surface area is 142 Å². The monoisotopic (exact) mass is 326 g/mol. The molecule has 0 saturated carbocycles. The molecule has 0 saturated heterocycles. The number of nitrogens with one attached hydrogen (secondary N) is 1. The Balaban J connectivity index is 1.73. The normalized spacial score (nSPS) is 11.9. The van der Waals surface area contributed by atoms with Gasteiger partial charge in [-0.3, -0.25) is 4.79 Å². The number of ether oxygens (including phenoxy) is 1. The Morgan fingerprint density at radius 2 is 1.88 bits per heavy atom. The van der Waals surface area contributed by atoms with Crippen molar-refractivity contribution in [2.75, 3.05) is 13.2 Å². The molecule has 5 nitrogen and oxygen atoms in total. The van der Waals surface area contributed by atoms with Crippen LogP contribution in [0.2, 0.25) is 0 Å². The first-order valence-corrected chi connectivity index (χ1v) is 7.91. The standard InChI is InChI=1S/C19H22N2O3/c1-3-23-18-11-9-16(10-12-18)13-20-24-14-19(22)21-15(2)17-7-5-4-6-8-17/h4-13,15H,3,14H2,1-2H3,(H,21,22)/b20-13-/t15-/m0/s1. The molecule has 2 rings (SSSR count). The SMILES string of the molecule is CCOc1ccc(/C=N\OCC(=O)N[C@@H](C)c2ccccc2)cc1. The van der Waals surface area contributed by atoms with Crippen molar-refractivity contribution >= 4 is 12.1 Å². The first-order valence-electron chi connectivity index (χ1n) is 7.91. The van der Waals surface area contributed by atoms with E-state index in [9.17, 15) is 4.79 Å². The fourth-order valence-electron chi connectivity index (χ4n) is 2.12. The van der Waals surface area contributed by atoms with E-state index in [1.165, 1.54) is 0 Å². The van der Waals surface area contributed by atoms with Gasteiger partial charge in [0, 0.05) is 0 Å². The van der Waals surface area contributed by atoms with Gasteiger partial charge in [0.1, 0.15) is 5.75 Å². The van der Waals surface area contributed by atoms with E-state index in [0.717, 1.165) is 16.9 Å². The van der Waals surface area contributed by atoms with Crippen molar-refractivity contribution < 1.29 is 14.4 Å². The molecule has 0 unspecified atom stereocenters. The van der Waals surface area contributed by atoms with Gasteiger partial charge >= 0.3 is 0 Å². The lowest BCUT2D eigenvalue weighted by Gasteiger charge is -2.13.